The van der Waals surface area contributed by atoms with Crippen LogP contribution in [0.15, 0.2) is 18.2 Å². The molecule has 0 aromatic heterocycles. The van der Waals surface area contributed by atoms with Crippen molar-refractivity contribution in [2.75, 3.05) is 23.4 Å². The first-order valence-corrected chi connectivity index (χ1v) is 6.20. The van der Waals surface area contributed by atoms with E-state index in [1.165, 1.54) is 12.1 Å². The van der Waals surface area contributed by atoms with E-state index in [4.69, 9.17) is 5.84 Å². The molecule has 1 aromatic carbocycles. The number of nitro benzene ring substituents is 1. The zero-order valence-electron chi connectivity index (χ0n) is 10.7. The summed E-state index contributed by atoms with van der Waals surface area (Å²) < 4.78 is 0. The van der Waals surface area contributed by atoms with Crippen LogP contribution in [0.4, 0.5) is 17.1 Å². The molecule has 1 aliphatic heterocycles. The van der Waals surface area contributed by atoms with Gasteiger partial charge in [0.1, 0.15) is 0 Å². The van der Waals surface area contributed by atoms with Gasteiger partial charge in [0.15, 0.2) is 0 Å². The van der Waals surface area contributed by atoms with Gasteiger partial charge in [-0.25, -0.2) is 0 Å². The highest BCUT2D eigenvalue weighted by Crippen LogP contribution is 2.31. The first-order valence-electron chi connectivity index (χ1n) is 6.20. The molecule has 1 heterocycles. The highest BCUT2D eigenvalue weighted by molar-refractivity contribution is 5.64. The molecular formula is C12H18N4O3. The third-order valence-corrected chi connectivity index (χ3v) is 3.55. The minimum absolute atomic E-state index is 0.00551. The summed E-state index contributed by atoms with van der Waals surface area (Å²) in [6.07, 6.45) is 0.516. The van der Waals surface area contributed by atoms with Crippen LogP contribution in [0.3, 0.4) is 0 Å². The van der Waals surface area contributed by atoms with Crippen LogP contribution in [-0.2, 0) is 0 Å². The predicted octanol–water partition coefficient (Wildman–Crippen LogP) is 1.09. The molecule has 1 aliphatic rings. The molecule has 4 N–H and O–H groups in total. The molecule has 0 saturated carbocycles. The number of nitrogens with zero attached hydrogens (tertiary/aromatic N) is 2. The molecule has 2 atom stereocenters. The highest BCUT2D eigenvalue weighted by atomic mass is 16.6. The molecule has 19 heavy (non-hydrogen) atoms. The lowest BCUT2D eigenvalue weighted by Crippen LogP contribution is -2.24. The van der Waals surface area contributed by atoms with Crippen molar-refractivity contribution < 1.29 is 10.0 Å². The van der Waals surface area contributed by atoms with Crippen molar-refractivity contribution in [2.24, 2.45) is 11.8 Å². The molecule has 0 amide bonds. The molecule has 0 aliphatic carbocycles. The van der Waals surface area contributed by atoms with Gasteiger partial charge >= 0.3 is 0 Å². The first-order chi connectivity index (χ1) is 9.01. The van der Waals surface area contributed by atoms with Crippen LogP contribution in [-0.4, -0.2) is 29.2 Å². The summed E-state index contributed by atoms with van der Waals surface area (Å²) in [6.45, 7) is 3.25. The number of nitrogens with two attached hydrogens (primary N) is 1. The van der Waals surface area contributed by atoms with Crippen LogP contribution in [0.5, 0.6) is 0 Å². The SMILES string of the molecule is CC(O)C1CCN(c2cc(NN)cc([N+](=O)[O-])c2)C1. The van der Waals surface area contributed by atoms with Crippen molar-refractivity contribution in [3.8, 4) is 0 Å². The molecule has 0 radical (unpaired) electrons. The van der Waals surface area contributed by atoms with Gasteiger partial charge in [0, 0.05) is 36.8 Å². The largest absolute Gasteiger partial charge is 0.393 e. The maximum atomic E-state index is 10.9. The summed E-state index contributed by atoms with van der Waals surface area (Å²) in [5, 5.41) is 20.5. The second-order valence-electron chi connectivity index (χ2n) is 4.87. The van der Waals surface area contributed by atoms with Crippen LogP contribution in [0.1, 0.15) is 13.3 Å². The molecule has 2 unspecified atom stereocenters. The number of hydrazine groups is 1. The molecule has 0 bridgehead atoms. The fourth-order valence-corrected chi connectivity index (χ4v) is 2.38. The van der Waals surface area contributed by atoms with Crippen LogP contribution in [0.25, 0.3) is 0 Å². The van der Waals surface area contributed by atoms with Gasteiger partial charge in [-0.15, -0.1) is 0 Å². The van der Waals surface area contributed by atoms with E-state index in [0.29, 0.717) is 12.2 Å². The Morgan fingerprint density at radius 3 is 2.84 bits per heavy atom. The maximum absolute atomic E-state index is 10.9. The van der Waals surface area contributed by atoms with E-state index in [2.05, 4.69) is 5.43 Å². The Bertz CT molecular complexity index is 478. The minimum atomic E-state index is -0.438. The van der Waals surface area contributed by atoms with E-state index in [1.54, 1.807) is 13.0 Å². The van der Waals surface area contributed by atoms with Crippen LogP contribution in [0.2, 0.25) is 0 Å². The topological polar surface area (TPSA) is 105 Å². The average Bonchev–Trinajstić information content (AvgIpc) is 2.87. The second-order valence-corrected chi connectivity index (χ2v) is 4.87. The Morgan fingerprint density at radius 1 is 1.58 bits per heavy atom. The summed E-state index contributed by atoms with van der Waals surface area (Å²) in [7, 11) is 0. The van der Waals surface area contributed by atoms with E-state index in [0.717, 1.165) is 18.7 Å². The van der Waals surface area contributed by atoms with Crippen molar-refractivity contribution in [1.82, 2.24) is 0 Å². The van der Waals surface area contributed by atoms with Crippen LogP contribution < -0.4 is 16.2 Å². The summed E-state index contributed by atoms with van der Waals surface area (Å²) in [6, 6.07) is 4.70. The standard InChI is InChI=1S/C12H18N4O3/c1-8(17)9-2-3-15(7-9)11-4-10(14-13)5-12(6-11)16(18)19/h4-6,8-9,14,17H,2-3,7,13H2,1H3. The molecule has 1 aromatic rings. The lowest BCUT2D eigenvalue weighted by molar-refractivity contribution is -0.384. The van der Waals surface area contributed by atoms with Crippen molar-refractivity contribution >= 4 is 17.1 Å². The minimum Gasteiger partial charge on any atom is -0.393 e. The van der Waals surface area contributed by atoms with Gasteiger partial charge in [-0.1, -0.05) is 0 Å². The van der Waals surface area contributed by atoms with Gasteiger partial charge in [0.25, 0.3) is 5.69 Å². The Morgan fingerprint density at radius 2 is 2.32 bits per heavy atom. The van der Waals surface area contributed by atoms with Crippen LogP contribution in [0, 0.1) is 16.0 Å². The summed E-state index contributed by atoms with van der Waals surface area (Å²) in [5.41, 5.74) is 3.70. The molecule has 104 valence electrons. The number of nitro groups is 1. The van der Waals surface area contributed by atoms with Crippen molar-refractivity contribution in [3.63, 3.8) is 0 Å². The molecule has 1 saturated heterocycles. The first kappa shape index (κ1) is 13.6. The third kappa shape index (κ3) is 2.94. The number of hydrogen-bond acceptors (Lipinski definition) is 6. The molecule has 2 rings (SSSR count). The fourth-order valence-electron chi connectivity index (χ4n) is 2.38. The molecule has 7 heteroatoms. The average molecular weight is 266 g/mol. The van der Waals surface area contributed by atoms with E-state index in [1.807, 2.05) is 4.90 Å². The Labute approximate surface area is 111 Å². The zero-order chi connectivity index (χ0) is 14.0. The van der Waals surface area contributed by atoms with E-state index in [9.17, 15) is 15.2 Å². The van der Waals surface area contributed by atoms with Crippen molar-refractivity contribution in [2.45, 2.75) is 19.4 Å². The van der Waals surface area contributed by atoms with E-state index >= 15 is 0 Å². The van der Waals surface area contributed by atoms with Gasteiger partial charge in [0.05, 0.1) is 16.7 Å². The number of anilines is 2. The Balaban J connectivity index is 2.25. The van der Waals surface area contributed by atoms with Gasteiger partial charge in [-0.05, 0) is 19.4 Å². The number of non-ortho nitro benzene ring substituents is 1. The van der Waals surface area contributed by atoms with Crippen molar-refractivity contribution in [1.29, 1.82) is 0 Å². The number of benzene rings is 1. The Hall–Kier alpha value is -1.86. The van der Waals surface area contributed by atoms with Gasteiger partial charge in [0.2, 0.25) is 0 Å². The summed E-state index contributed by atoms with van der Waals surface area (Å²) in [5.74, 6) is 5.53. The lowest BCUT2D eigenvalue weighted by atomic mass is 10.0. The summed E-state index contributed by atoms with van der Waals surface area (Å²) in [4.78, 5) is 12.5. The fraction of sp³-hybridized carbons (Fsp3) is 0.500. The maximum Gasteiger partial charge on any atom is 0.273 e. The normalized spacial score (nSPS) is 20.4. The molecule has 1 fully saturated rings. The molecule has 0 spiro atoms. The molecule has 7 nitrogen and oxygen atoms in total. The number of nitrogen functional groups attached to an aromatic ring is 1. The smallest absolute Gasteiger partial charge is 0.273 e. The molecular weight excluding hydrogens is 248 g/mol. The number of rotatable bonds is 4. The highest BCUT2D eigenvalue weighted by Gasteiger charge is 2.27. The van der Waals surface area contributed by atoms with Gasteiger partial charge in [-0.3, -0.25) is 16.0 Å². The lowest BCUT2D eigenvalue weighted by Gasteiger charge is -2.20. The monoisotopic (exact) mass is 266 g/mol. The Kier molecular flexibility index (Phi) is 3.87. The third-order valence-electron chi connectivity index (χ3n) is 3.55. The van der Waals surface area contributed by atoms with Crippen molar-refractivity contribution in [3.05, 3.63) is 28.3 Å². The predicted molar refractivity (Wildman–Crippen MR) is 72.9 cm³/mol. The quantitative estimate of drug-likeness (QED) is 0.428. The van der Waals surface area contributed by atoms with Crippen LogP contribution >= 0.6 is 0 Å². The number of nitrogens with one attached hydrogen (secondary N) is 1. The number of hydrogen-bond donors (Lipinski definition) is 3. The second kappa shape index (κ2) is 5.41. The van der Waals surface area contributed by atoms with E-state index < -0.39 is 4.92 Å². The summed E-state index contributed by atoms with van der Waals surface area (Å²) >= 11 is 0. The van der Waals surface area contributed by atoms with Gasteiger partial charge < -0.3 is 15.4 Å². The number of aliphatic hydroxyl groups is 1. The van der Waals surface area contributed by atoms with E-state index in [-0.39, 0.29) is 17.7 Å². The zero-order valence-corrected chi connectivity index (χ0v) is 10.7. The number of aliphatic hydroxyl groups excluding tert-OH is 1. The van der Waals surface area contributed by atoms with Gasteiger partial charge in [-0.2, -0.15) is 0 Å².